The summed E-state index contributed by atoms with van der Waals surface area (Å²) in [6, 6.07) is -1.53. The molecule has 0 radical (unpaired) electrons. The summed E-state index contributed by atoms with van der Waals surface area (Å²) in [6.07, 6.45) is 0. The Kier molecular flexibility index (Phi) is 4.13. The van der Waals surface area contributed by atoms with Crippen molar-refractivity contribution in [1.29, 1.82) is 0 Å². The number of carboxylic acids is 1. The molecule has 18 heavy (non-hydrogen) atoms. The molecule has 0 saturated heterocycles. The van der Waals surface area contributed by atoms with Crippen molar-refractivity contribution in [2.24, 2.45) is 0 Å². The van der Waals surface area contributed by atoms with Crippen molar-refractivity contribution in [3.05, 3.63) is 29.6 Å². The van der Waals surface area contributed by atoms with Crippen molar-refractivity contribution >= 4 is 17.7 Å². The van der Waals surface area contributed by atoms with E-state index >= 15 is 0 Å². The van der Waals surface area contributed by atoms with E-state index in [-0.39, 0.29) is 6.07 Å². The number of benzene rings is 1. The number of carbonyl (C=O) groups excluding carboxylic acids is 1. The third-order valence-electron chi connectivity index (χ3n) is 1.98. The quantitative estimate of drug-likeness (QED) is 0.725. The molecule has 0 spiro atoms. The second-order valence-electron chi connectivity index (χ2n) is 3.40. The molecule has 0 aliphatic heterocycles. The molecule has 0 aliphatic rings. The van der Waals surface area contributed by atoms with Crippen LogP contribution in [0.15, 0.2) is 12.1 Å². The summed E-state index contributed by atoms with van der Waals surface area (Å²) in [7, 11) is 0. The number of amides is 2. The number of aliphatic carboxylic acids is 1. The highest BCUT2D eigenvalue weighted by atomic mass is 19.2. The van der Waals surface area contributed by atoms with Crippen molar-refractivity contribution in [1.82, 2.24) is 5.32 Å². The Balaban J connectivity index is 2.76. The van der Waals surface area contributed by atoms with Crippen LogP contribution in [0.1, 0.15) is 6.92 Å². The van der Waals surface area contributed by atoms with Gasteiger partial charge < -0.3 is 15.7 Å². The van der Waals surface area contributed by atoms with E-state index in [0.717, 1.165) is 0 Å². The lowest BCUT2D eigenvalue weighted by atomic mass is 10.3. The summed E-state index contributed by atoms with van der Waals surface area (Å²) in [4.78, 5) is 21.6. The van der Waals surface area contributed by atoms with Crippen LogP contribution in [0.25, 0.3) is 0 Å². The summed E-state index contributed by atoms with van der Waals surface area (Å²) in [5, 5.41) is 12.3. The Morgan fingerprint density at radius 2 is 1.72 bits per heavy atom. The molecule has 1 rings (SSSR count). The van der Waals surface area contributed by atoms with Crippen LogP contribution in [-0.4, -0.2) is 23.1 Å². The van der Waals surface area contributed by atoms with Gasteiger partial charge in [0.05, 0.1) is 5.69 Å². The Labute approximate surface area is 99.6 Å². The monoisotopic (exact) mass is 262 g/mol. The average Bonchev–Trinajstić information content (AvgIpc) is 2.25. The minimum Gasteiger partial charge on any atom is -0.480 e. The first-order chi connectivity index (χ1) is 8.31. The molecule has 0 heterocycles. The first-order valence-corrected chi connectivity index (χ1v) is 4.76. The highest BCUT2D eigenvalue weighted by Crippen LogP contribution is 2.18. The minimum absolute atomic E-state index is 0.269. The fraction of sp³-hybridized carbons (Fsp3) is 0.200. The molecule has 0 bridgehead atoms. The smallest absolute Gasteiger partial charge is 0.325 e. The molecule has 1 aromatic carbocycles. The van der Waals surface area contributed by atoms with Crippen molar-refractivity contribution in [3.8, 4) is 0 Å². The fourth-order valence-corrected chi connectivity index (χ4v) is 1.04. The molecule has 3 N–H and O–H groups in total. The van der Waals surface area contributed by atoms with Crippen LogP contribution in [0, 0.1) is 17.5 Å². The van der Waals surface area contributed by atoms with Crippen LogP contribution >= 0.6 is 0 Å². The zero-order valence-electron chi connectivity index (χ0n) is 9.13. The number of nitrogens with one attached hydrogen (secondary N) is 2. The van der Waals surface area contributed by atoms with E-state index in [1.165, 1.54) is 6.92 Å². The fourth-order valence-electron chi connectivity index (χ4n) is 1.04. The highest BCUT2D eigenvalue weighted by Gasteiger charge is 2.16. The van der Waals surface area contributed by atoms with Gasteiger partial charge in [0.2, 0.25) is 0 Å². The maximum atomic E-state index is 13.1. The summed E-state index contributed by atoms with van der Waals surface area (Å²) in [5.41, 5.74) is -0.594. The molecule has 98 valence electrons. The molecule has 0 saturated carbocycles. The zero-order chi connectivity index (χ0) is 13.9. The molecule has 2 amide bonds. The van der Waals surface area contributed by atoms with Gasteiger partial charge in [-0.25, -0.2) is 18.0 Å². The highest BCUT2D eigenvalue weighted by molar-refractivity contribution is 5.92. The number of halogens is 3. The second-order valence-corrected chi connectivity index (χ2v) is 3.40. The third-order valence-corrected chi connectivity index (χ3v) is 1.98. The van der Waals surface area contributed by atoms with E-state index in [1.54, 1.807) is 0 Å². The van der Waals surface area contributed by atoms with Crippen molar-refractivity contribution in [3.63, 3.8) is 0 Å². The molecule has 1 atom stereocenters. The van der Waals surface area contributed by atoms with Gasteiger partial charge in [-0.15, -0.1) is 0 Å². The lowest BCUT2D eigenvalue weighted by Crippen LogP contribution is -2.41. The second kappa shape index (κ2) is 5.39. The first kappa shape index (κ1) is 13.8. The minimum atomic E-state index is -1.39. The van der Waals surface area contributed by atoms with E-state index in [2.05, 4.69) is 0 Å². The molecular formula is C10H9F3N2O3. The Morgan fingerprint density at radius 1 is 1.17 bits per heavy atom. The van der Waals surface area contributed by atoms with Crippen LogP contribution in [-0.2, 0) is 4.79 Å². The van der Waals surface area contributed by atoms with Gasteiger partial charge in [-0.05, 0) is 6.92 Å². The normalized spacial score (nSPS) is 11.8. The van der Waals surface area contributed by atoms with E-state index < -0.39 is 41.2 Å². The maximum Gasteiger partial charge on any atom is 0.325 e. The predicted molar refractivity (Wildman–Crippen MR) is 55.6 cm³/mol. The van der Waals surface area contributed by atoms with E-state index in [4.69, 9.17) is 5.11 Å². The van der Waals surface area contributed by atoms with Crippen LogP contribution < -0.4 is 10.6 Å². The Bertz CT molecular complexity index is 494. The van der Waals surface area contributed by atoms with Crippen molar-refractivity contribution < 1.29 is 27.9 Å². The maximum absolute atomic E-state index is 13.1. The molecule has 5 nitrogen and oxygen atoms in total. The van der Waals surface area contributed by atoms with E-state index in [9.17, 15) is 22.8 Å². The van der Waals surface area contributed by atoms with Crippen LogP contribution in [0.5, 0.6) is 0 Å². The first-order valence-electron chi connectivity index (χ1n) is 4.76. The lowest BCUT2D eigenvalue weighted by Gasteiger charge is -2.11. The topological polar surface area (TPSA) is 78.4 Å². The molecule has 0 aliphatic carbocycles. The number of hydrogen-bond donors (Lipinski definition) is 3. The van der Waals surface area contributed by atoms with E-state index in [0.29, 0.717) is 6.07 Å². The number of rotatable bonds is 3. The number of anilines is 1. The number of urea groups is 1. The largest absolute Gasteiger partial charge is 0.480 e. The molecule has 0 fully saturated rings. The van der Waals surface area contributed by atoms with Gasteiger partial charge in [-0.3, -0.25) is 4.79 Å². The van der Waals surface area contributed by atoms with Crippen LogP contribution in [0.2, 0.25) is 0 Å². The van der Waals surface area contributed by atoms with Gasteiger partial charge in [0.25, 0.3) is 0 Å². The Hall–Kier alpha value is -2.25. The van der Waals surface area contributed by atoms with E-state index in [1.807, 2.05) is 10.6 Å². The molecule has 0 aromatic heterocycles. The number of hydrogen-bond acceptors (Lipinski definition) is 2. The lowest BCUT2D eigenvalue weighted by molar-refractivity contribution is -0.138. The van der Waals surface area contributed by atoms with Gasteiger partial charge in [0.1, 0.15) is 11.9 Å². The van der Waals surface area contributed by atoms with Gasteiger partial charge in [0.15, 0.2) is 11.6 Å². The number of carbonyl (C=O) groups is 2. The van der Waals surface area contributed by atoms with Gasteiger partial charge in [-0.2, -0.15) is 0 Å². The summed E-state index contributed by atoms with van der Waals surface area (Å²) >= 11 is 0. The predicted octanol–water partition coefficient (Wildman–Crippen LogP) is 1.70. The van der Waals surface area contributed by atoms with Crippen LogP contribution in [0.3, 0.4) is 0 Å². The Morgan fingerprint density at radius 3 is 2.28 bits per heavy atom. The SMILES string of the molecule is C[C@H](NC(=O)Nc1cc(F)c(F)cc1F)C(=O)O. The van der Waals surface area contributed by atoms with Crippen molar-refractivity contribution in [2.45, 2.75) is 13.0 Å². The molecule has 0 unspecified atom stereocenters. The van der Waals surface area contributed by atoms with Crippen LogP contribution in [0.4, 0.5) is 23.7 Å². The average molecular weight is 262 g/mol. The van der Waals surface area contributed by atoms with Crippen molar-refractivity contribution in [2.75, 3.05) is 5.32 Å². The third kappa shape index (κ3) is 3.37. The van der Waals surface area contributed by atoms with Gasteiger partial charge >= 0.3 is 12.0 Å². The summed E-state index contributed by atoms with van der Waals surface area (Å²) in [6.45, 7) is 1.18. The van der Waals surface area contributed by atoms with Gasteiger partial charge in [-0.1, -0.05) is 0 Å². The molecule has 1 aromatic rings. The molecule has 8 heteroatoms. The summed E-state index contributed by atoms with van der Waals surface area (Å²) < 4.78 is 38.5. The molecular weight excluding hydrogens is 253 g/mol. The summed E-state index contributed by atoms with van der Waals surface area (Å²) in [5.74, 6) is -5.20. The zero-order valence-corrected chi connectivity index (χ0v) is 9.13. The standard InChI is InChI=1S/C10H9F3N2O3/c1-4(9(16)17)14-10(18)15-8-3-6(12)5(11)2-7(8)13/h2-4H,1H3,(H,16,17)(H2,14,15,18)/t4-/m0/s1. The van der Waals surface area contributed by atoms with Gasteiger partial charge in [0, 0.05) is 12.1 Å². The number of carboxylic acid groups (broad SMARTS) is 1.